The average molecular weight is 415 g/mol. The Balaban J connectivity index is 1.62. The van der Waals surface area contributed by atoms with Crippen molar-refractivity contribution in [3.05, 3.63) is 47.0 Å². The smallest absolute Gasteiger partial charge is 0.228 e. The lowest BCUT2D eigenvalue weighted by atomic mass is 9.99. The first-order valence-electron chi connectivity index (χ1n) is 8.45. The molecule has 0 saturated carbocycles. The molecule has 27 heavy (non-hydrogen) atoms. The molecule has 2 aromatic rings. The number of benzene rings is 1. The van der Waals surface area contributed by atoms with Gasteiger partial charge >= 0.3 is 0 Å². The van der Waals surface area contributed by atoms with E-state index in [4.69, 9.17) is 11.6 Å². The second-order valence-electron chi connectivity index (χ2n) is 6.61. The SMILES string of the molecule is CS(=O)(=O)N1CCC[C@@H](C(=O)Nc2cnn(Cc3ccc(F)cc3Cl)c2)C1. The number of nitrogens with one attached hydrogen (secondary N) is 1. The molecule has 0 aliphatic carbocycles. The number of sulfonamides is 1. The summed E-state index contributed by atoms with van der Waals surface area (Å²) in [6, 6.07) is 4.14. The average Bonchev–Trinajstić information content (AvgIpc) is 3.04. The van der Waals surface area contributed by atoms with Gasteiger partial charge in [0.2, 0.25) is 15.9 Å². The molecule has 1 amide bonds. The number of piperidine rings is 1. The number of hydrogen-bond acceptors (Lipinski definition) is 4. The molecule has 0 bridgehead atoms. The Morgan fingerprint density at radius 1 is 1.44 bits per heavy atom. The number of halogens is 2. The van der Waals surface area contributed by atoms with Gasteiger partial charge in [-0.3, -0.25) is 9.48 Å². The van der Waals surface area contributed by atoms with Gasteiger partial charge in [0, 0.05) is 24.3 Å². The van der Waals surface area contributed by atoms with Crippen molar-refractivity contribution in [2.75, 3.05) is 24.7 Å². The third-order valence-electron chi connectivity index (χ3n) is 4.47. The maximum atomic E-state index is 13.1. The lowest BCUT2D eigenvalue weighted by molar-refractivity contribution is -0.120. The molecule has 1 aliphatic rings. The van der Waals surface area contributed by atoms with Crippen molar-refractivity contribution in [2.24, 2.45) is 5.92 Å². The first-order valence-corrected chi connectivity index (χ1v) is 10.7. The van der Waals surface area contributed by atoms with Crippen LogP contribution in [0.2, 0.25) is 5.02 Å². The van der Waals surface area contributed by atoms with Gasteiger partial charge in [0.25, 0.3) is 0 Å². The van der Waals surface area contributed by atoms with Crippen molar-refractivity contribution in [3.63, 3.8) is 0 Å². The number of hydrogen-bond donors (Lipinski definition) is 1. The van der Waals surface area contributed by atoms with Crippen LogP contribution in [0.15, 0.2) is 30.6 Å². The Hall–Kier alpha value is -1.97. The first-order chi connectivity index (χ1) is 12.7. The third-order valence-corrected chi connectivity index (χ3v) is 6.09. The summed E-state index contributed by atoms with van der Waals surface area (Å²) < 4.78 is 39.4. The molecule has 1 N–H and O–H groups in total. The molecule has 0 unspecified atom stereocenters. The molecule has 0 radical (unpaired) electrons. The molecule has 10 heteroatoms. The second-order valence-corrected chi connectivity index (χ2v) is 9.00. The van der Waals surface area contributed by atoms with Gasteiger partial charge in [-0.25, -0.2) is 17.1 Å². The summed E-state index contributed by atoms with van der Waals surface area (Å²) in [5.74, 6) is -1.04. The van der Waals surface area contributed by atoms with Gasteiger partial charge in [-0.1, -0.05) is 17.7 Å². The molecule has 1 aromatic carbocycles. The summed E-state index contributed by atoms with van der Waals surface area (Å²) in [5, 5.41) is 7.25. The van der Waals surface area contributed by atoms with Crippen molar-refractivity contribution in [2.45, 2.75) is 19.4 Å². The third kappa shape index (κ3) is 5.06. The van der Waals surface area contributed by atoms with Gasteiger partial charge in [0.15, 0.2) is 0 Å². The van der Waals surface area contributed by atoms with Crippen molar-refractivity contribution < 1.29 is 17.6 Å². The van der Waals surface area contributed by atoms with E-state index in [1.807, 2.05) is 0 Å². The van der Waals surface area contributed by atoms with Crippen molar-refractivity contribution in [3.8, 4) is 0 Å². The van der Waals surface area contributed by atoms with Crippen LogP contribution in [0, 0.1) is 11.7 Å². The van der Waals surface area contributed by atoms with E-state index in [1.165, 1.54) is 22.6 Å². The zero-order valence-corrected chi connectivity index (χ0v) is 16.3. The Bertz CT molecular complexity index is 947. The number of rotatable bonds is 5. The number of anilines is 1. The van der Waals surface area contributed by atoms with Gasteiger partial charge < -0.3 is 5.32 Å². The van der Waals surface area contributed by atoms with Crippen LogP contribution in [-0.4, -0.2) is 47.8 Å². The first kappa shape index (κ1) is 19.8. The predicted octanol–water partition coefficient (Wildman–Crippen LogP) is 2.33. The maximum absolute atomic E-state index is 13.1. The quantitative estimate of drug-likeness (QED) is 0.813. The fraction of sp³-hybridized carbons (Fsp3) is 0.412. The Morgan fingerprint density at radius 2 is 2.22 bits per heavy atom. The normalized spacial score (nSPS) is 18.4. The minimum atomic E-state index is -3.31. The molecule has 1 aromatic heterocycles. The van der Waals surface area contributed by atoms with E-state index in [0.717, 1.165) is 6.26 Å². The lowest BCUT2D eigenvalue weighted by Crippen LogP contribution is -2.43. The van der Waals surface area contributed by atoms with Crippen LogP contribution in [0.25, 0.3) is 0 Å². The monoisotopic (exact) mass is 414 g/mol. The van der Waals surface area contributed by atoms with Gasteiger partial charge in [-0.05, 0) is 30.5 Å². The molecule has 1 fully saturated rings. The molecule has 146 valence electrons. The summed E-state index contributed by atoms with van der Waals surface area (Å²) in [6.45, 7) is 0.962. The molecule has 7 nitrogen and oxygen atoms in total. The zero-order valence-electron chi connectivity index (χ0n) is 14.7. The molecule has 1 saturated heterocycles. The van der Waals surface area contributed by atoms with E-state index < -0.39 is 21.8 Å². The van der Waals surface area contributed by atoms with Gasteiger partial charge in [-0.15, -0.1) is 0 Å². The number of carbonyl (C=O) groups excluding carboxylic acids is 1. The van der Waals surface area contributed by atoms with Crippen molar-refractivity contribution in [1.82, 2.24) is 14.1 Å². The van der Waals surface area contributed by atoms with Crippen molar-refractivity contribution >= 4 is 33.2 Å². The summed E-state index contributed by atoms with van der Waals surface area (Å²) in [6.07, 6.45) is 5.59. The number of aromatic nitrogens is 2. The molecule has 0 spiro atoms. The predicted molar refractivity (Wildman–Crippen MR) is 101 cm³/mol. The summed E-state index contributed by atoms with van der Waals surface area (Å²) in [4.78, 5) is 12.5. The van der Waals surface area contributed by atoms with Crippen LogP contribution in [0.5, 0.6) is 0 Å². The fourth-order valence-electron chi connectivity index (χ4n) is 3.04. The highest BCUT2D eigenvalue weighted by molar-refractivity contribution is 7.88. The van der Waals surface area contributed by atoms with E-state index >= 15 is 0 Å². The van der Waals surface area contributed by atoms with E-state index in [9.17, 15) is 17.6 Å². The van der Waals surface area contributed by atoms with Crippen LogP contribution < -0.4 is 5.32 Å². The van der Waals surface area contributed by atoms with Crippen molar-refractivity contribution in [1.29, 1.82) is 0 Å². The highest BCUT2D eigenvalue weighted by Gasteiger charge is 2.30. The molecule has 3 rings (SSSR count). The second kappa shape index (κ2) is 7.95. The standard InChI is InChI=1S/C17H20ClFN4O3S/c1-27(25,26)23-6-2-3-13(10-23)17(24)21-15-8-20-22(11-15)9-12-4-5-14(19)7-16(12)18/h4-5,7-8,11,13H,2-3,6,9-10H2,1H3,(H,21,24)/t13-/m1/s1. The molecule has 2 heterocycles. The Labute approximate surface area is 162 Å². The Morgan fingerprint density at radius 3 is 2.93 bits per heavy atom. The van der Waals surface area contributed by atoms with E-state index in [1.54, 1.807) is 16.9 Å². The minimum Gasteiger partial charge on any atom is -0.323 e. The molecular weight excluding hydrogens is 395 g/mol. The van der Waals surface area contributed by atoms with E-state index in [0.29, 0.717) is 42.2 Å². The van der Waals surface area contributed by atoms with Crippen LogP contribution in [0.3, 0.4) is 0 Å². The molecule has 1 aliphatic heterocycles. The Kier molecular flexibility index (Phi) is 5.83. The minimum absolute atomic E-state index is 0.185. The number of amides is 1. The maximum Gasteiger partial charge on any atom is 0.228 e. The fourth-order valence-corrected chi connectivity index (χ4v) is 4.18. The summed E-state index contributed by atoms with van der Waals surface area (Å²) in [7, 11) is -3.31. The topological polar surface area (TPSA) is 84.3 Å². The van der Waals surface area contributed by atoms with Crippen LogP contribution in [0.4, 0.5) is 10.1 Å². The zero-order chi connectivity index (χ0) is 19.6. The van der Waals surface area contributed by atoms with Gasteiger partial charge in [-0.2, -0.15) is 5.10 Å². The van der Waals surface area contributed by atoms with E-state index in [-0.39, 0.29) is 12.5 Å². The number of carbonyl (C=O) groups is 1. The van der Waals surface area contributed by atoms with E-state index in [2.05, 4.69) is 10.4 Å². The summed E-state index contributed by atoms with van der Waals surface area (Å²) in [5.41, 5.74) is 1.21. The highest BCUT2D eigenvalue weighted by Crippen LogP contribution is 2.21. The van der Waals surface area contributed by atoms with Gasteiger partial charge in [0.05, 0.1) is 30.6 Å². The highest BCUT2D eigenvalue weighted by atomic mass is 35.5. The largest absolute Gasteiger partial charge is 0.323 e. The van der Waals surface area contributed by atoms with Crippen LogP contribution in [-0.2, 0) is 21.4 Å². The lowest BCUT2D eigenvalue weighted by Gasteiger charge is -2.29. The number of nitrogens with zero attached hydrogens (tertiary/aromatic N) is 3. The van der Waals surface area contributed by atoms with Crippen LogP contribution >= 0.6 is 11.6 Å². The summed E-state index contributed by atoms with van der Waals surface area (Å²) >= 11 is 6.02. The molecule has 1 atom stereocenters. The van der Waals surface area contributed by atoms with Crippen LogP contribution in [0.1, 0.15) is 18.4 Å². The van der Waals surface area contributed by atoms with Gasteiger partial charge in [0.1, 0.15) is 5.82 Å². The molecular formula is C17H20ClFN4O3S.